The first-order valence-corrected chi connectivity index (χ1v) is 10.2. The van der Waals surface area contributed by atoms with Gasteiger partial charge in [-0.1, -0.05) is 36.4 Å². The Morgan fingerprint density at radius 3 is 2.66 bits per heavy atom. The van der Waals surface area contributed by atoms with Crippen LogP contribution in [0, 0.1) is 6.92 Å². The van der Waals surface area contributed by atoms with Gasteiger partial charge in [0.1, 0.15) is 5.75 Å². The number of amides is 1. The third kappa shape index (κ3) is 4.34. The van der Waals surface area contributed by atoms with E-state index in [4.69, 9.17) is 4.74 Å². The van der Waals surface area contributed by atoms with Crippen molar-refractivity contribution in [3.05, 3.63) is 65.9 Å². The molecular weight excluding hydrogens is 362 g/mol. The van der Waals surface area contributed by atoms with Gasteiger partial charge in [-0.25, -0.2) is 0 Å². The smallest absolute Gasteiger partial charge is 0.227 e. The number of nitrogens with zero attached hydrogens (tertiary/aromatic N) is 2. The van der Waals surface area contributed by atoms with Crippen molar-refractivity contribution in [3.8, 4) is 5.75 Å². The van der Waals surface area contributed by atoms with Crippen LogP contribution in [-0.2, 0) is 11.2 Å². The topological polar surface area (TPSA) is 54.5 Å². The number of carbonyl (C=O) groups excluding carboxylic acids is 1. The number of carbonyl (C=O) groups is 1. The van der Waals surface area contributed by atoms with E-state index in [2.05, 4.69) is 22.4 Å². The lowest BCUT2D eigenvalue weighted by molar-refractivity contribution is -0.131. The summed E-state index contributed by atoms with van der Waals surface area (Å²) >= 11 is 0. The van der Waals surface area contributed by atoms with Crippen molar-refractivity contribution in [2.75, 3.05) is 25.5 Å². The summed E-state index contributed by atoms with van der Waals surface area (Å²) in [5.74, 6) is 0.940. The predicted molar refractivity (Wildman–Crippen MR) is 116 cm³/mol. The zero-order valence-corrected chi connectivity index (χ0v) is 17.0. The van der Waals surface area contributed by atoms with E-state index < -0.39 is 0 Å². The van der Waals surface area contributed by atoms with Crippen LogP contribution in [0.3, 0.4) is 0 Å². The Labute approximate surface area is 171 Å². The first-order chi connectivity index (χ1) is 14.1. The molecule has 5 nitrogen and oxygen atoms in total. The van der Waals surface area contributed by atoms with Crippen LogP contribution in [0.4, 0.5) is 5.69 Å². The van der Waals surface area contributed by atoms with Crippen molar-refractivity contribution in [3.63, 3.8) is 0 Å². The average molecular weight is 389 g/mol. The largest absolute Gasteiger partial charge is 0.496 e. The van der Waals surface area contributed by atoms with Crippen LogP contribution in [0.15, 0.2) is 54.6 Å². The number of pyridine rings is 1. The minimum Gasteiger partial charge on any atom is -0.496 e. The number of para-hydroxylation sites is 2. The molecule has 150 valence electrons. The van der Waals surface area contributed by atoms with Crippen LogP contribution in [0.25, 0.3) is 10.9 Å². The van der Waals surface area contributed by atoms with Crippen LogP contribution in [-0.4, -0.2) is 42.0 Å². The van der Waals surface area contributed by atoms with E-state index >= 15 is 0 Å². The van der Waals surface area contributed by atoms with Crippen LogP contribution in [0.1, 0.15) is 24.1 Å². The van der Waals surface area contributed by atoms with Crippen molar-refractivity contribution < 1.29 is 9.53 Å². The highest BCUT2D eigenvalue weighted by Gasteiger charge is 2.24. The summed E-state index contributed by atoms with van der Waals surface area (Å²) in [5.41, 5.74) is 4.10. The Morgan fingerprint density at radius 2 is 1.86 bits per heavy atom. The van der Waals surface area contributed by atoms with E-state index in [0.717, 1.165) is 59.5 Å². The number of methoxy groups -OCH3 is 1. The summed E-state index contributed by atoms with van der Waals surface area (Å²) in [6.45, 7) is 3.57. The van der Waals surface area contributed by atoms with Crippen molar-refractivity contribution >= 4 is 22.5 Å². The van der Waals surface area contributed by atoms with Gasteiger partial charge in [0.25, 0.3) is 0 Å². The fourth-order valence-corrected chi connectivity index (χ4v) is 4.04. The Morgan fingerprint density at radius 1 is 1.14 bits per heavy atom. The quantitative estimate of drug-likeness (QED) is 0.711. The molecule has 0 aliphatic carbocycles. The van der Waals surface area contributed by atoms with Crippen LogP contribution < -0.4 is 10.1 Å². The highest BCUT2D eigenvalue weighted by Crippen LogP contribution is 2.26. The zero-order chi connectivity index (χ0) is 20.2. The van der Waals surface area contributed by atoms with Gasteiger partial charge in [-0.2, -0.15) is 0 Å². The molecule has 1 fully saturated rings. The SMILES string of the molecule is COc1ccccc1CC(=O)N1CCC(Nc2cc(C)nc3ccccc23)CC1. The second-order valence-electron chi connectivity index (χ2n) is 7.62. The number of piperidine rings is 1. The Balaban J connectivity index is 1.38. The van der Waals surface area contributed by atoms with Crippen molar-refractivity contribution in [1.29, 1.82) is 0 Å². The molecule has 1 aliphatic heterocycles. The number of rotatable bonds is 5. The molecule has 1 saturated heterocycles. The first kappa shape index (κ1) is 19.2. The van der Waals surface area contributed by atoms with Gasteiger partial charge in [0, 0.05) is 41.5 Å². The lowest BCUT2D eigenvalue weighted by Crippen LogP contribution is -2.43. The second kappa shape index (κ2) is 8.52. The number of ether oxygens (including phenoxy) is 1. The zero-order valence-electron chi connectivity index (χ0n) is 17.0. The Bertz CT molecular complexity index is 1010. The highest BCUT2D eigenvalue weighted by molar-refractivity contribution is 5.91. The molecule has 29 heavy (non-hydrogen) atoms. The maximum absolute atomic E-state index is 12.8. The van der Waals surface area contributed by atoms with Crippen molar-refractivity contribution in [1.82, 2.24) is 9.88 Å². The van der Waals surface area contributed by atoms with Crippen molar-refractivity contribution in [2.24, 2.45) is 0 Å². The van der Waals surface area contributed by atoms with E-state index in [1.165, 1.54) is 0 Å². The Kier molecular flexibility index (Phi) is 5.65. The van der Waals surface area contributed by atoms with Crippen LogP contribution in [0.5, 0.6) is 5.75 Å². The molecular formula is C24H27N3O2. The third-order valence-electron chi connectivity index (χ3n) is 5.59. The molecule has 2 heterocycles. The molecule has 0 radical (unpaired) electrons. The van der Waals surface area contributed by atoms with Gasteiger partial charge in [-0.05, 0) is 38.0 Å². The van der Waals surface area contributed by atoms with E-state index in [9.17, 15) is 4.79 Å². The predicted octanol–water partition coefficient (Wildman–Crippen LogP) is 4.20. The molecule has 5 heteroatoms. The normalized spacial score (nSPS) is 14.8. The number of likely N-dealkylation sites (tertiary alicyclic amines) is 1. The molecule has 0 saturated carbocycles. The number of aryl methyl sites for hydroxylation is 1. The number of aromatic nitrogens is 1. The standard InChI is InChI=1S/C24H27N3O2/c1-17-15-22(20-8-4-5-9-21(20)25-17)26-19-11-13-27(14-12-19)24(28)16-18-7-3-6-10-23(18)29-2/h3-10,15,19H,11-14,16H2,1-2H3,(H,25,26). The van der Waals surface area contributed by atoms with Gasteiger partial charge in [0.15, 0.2) is 0 Å². The molecule has 0 unspecified atom stereocenters. The molecule has 1 aliphatic rings. The molecule has 0 bridgehead atoms. The summed E-state index contributed by atoms with van der Waals surface area (Å²) in [6, 6.07) is 18.4. The van der Waals surface area contributed by atoms with Gasteiger partial charge in [0.2, 0.25) is 5.91 Å². The lowest BCUT2D eigenvalue weighted by atomic mass is 10.0. The highest BCUT2D eigenvalue weighted by atomic mass is 16.5. The minimum atomic E-state index is 0.165. The van der Waals surface area contributed by atoms with E-state index in [1.54, 1.807) is 7.11 Å². The summed E-state index contributed by atoms with van der Waals surface area (Å²) in [5, 5.41) is 4.84. The molecule has 1 amide bonds. The fourth-order valence-electron chi connectivity index (χ4n) is 4.04. The summed E-state index contributed by atoms with van der Waals surface area (Å²) < 4.78 is 5.38. The minimum absolute atomic E-state index is 0.165. The molecule has 1 aromatic heterocycles. The number of anilines is 1. The van der Waals surface area contributed by atoms with E-state index in [1.807, 2.05) is 54.3 Å². The van der Waals surface area contributed by atoms with Gasteiger partial charge in [-0.3, -0.25) is 9.78 Å². The maximum atomic E-state index is 12.8. The van der Waals surface area contributed by atoms with Crippen LogP contribution in [0.2, 0.25) is 0 Å². The number of nitrogens with one attached hydrogen (secondary N) is 1. The van der Waals surface area contributed by atoms with Gasteiger partial charge in [0.05, 0.1) is 19.0 Å². The number of benzene rings is 2. The monoisotopic (exact) mass is 389 g/mol. The number of hydrogen-bond acceptors (Lipinski definition) is 4. The van der Waals surface area contributed by atoms with Gasteiger partial charge < -0.3 is 15.0 Å². The molecule has 2 aromatic carbocycles. The van der Waals surface area contributed by atoms with E-state index in [0.29, 0.717) is 12.5 Å². The molecule has 4 rings (SSSR count). The Hall–Kier alpha value is -3.08. The molecule has 0 spiro atoms. The summed E-state index contributed by atoms with van der Waals surface area (Å²) in [4.78, 5) is 19.4. The van der Waals surface area contributed by atoms with Gasteiger partial charge in [-0.15, -0.1) is 0 Å². The van der Waals surface area contributed by atoms with Crippen LogP contribution >= 0.6 is 0 Å². The fraction of sp³-hybridized carbons (Fsp3) is 0.333. The molecule has 3 aromatic rings. The van der Waals surface area contributed by atoms with E-state index in [-0.39, 0.29) is 5.91 Å². The molecule has 0 atom stereocenters. The van der Waals surface area contributed by atoms with Crippen molar-refractivity contribution in [2.45, 2.75) is 32.2 Å². The first-order valence-electron chi connectivity index (χ1n) is 10.2. The average Bonchev–Trinajstić information content (AvgIpc) is 2.74. The summed E-state index contributed by atoms with van der Waals surface area (Å²) in [6.07, 6.45) is 2.26. The molecule has 1 N–H and O–H groups in total. The maximum Gasteiger partial charge on any atom is 0.227 e. The summed E-state index contributed by atoms with van der Waals surface area (Å²) in [7, 11) is 1.64. The lowest BCUT2D eigenvalue weighted by Gasteiger charge is -2.33. The van der Waals surface area contributed by atoms with Gasteiger partial charge >= 0.3 is 0 Å². The second-order valence-corrected chi connectivity index (χ2v) is 7.62. The third-order valence-corrected chi connectivity index (χ3v) is 5.59. The number of fused-ring (bicyclic) bond motifs is 1. The number of hydrogen-bond donors (Lipinski definition) is 1.